The fraction of sp³-hybridized carbons (Fsp3) is 0.400. The van der Waals surface area contributed by atoms with Crippen molar-refractivity contribution in [3.05, 3.63) is 41.9 Å². The van der Waals surface area contributed by atoms with Crippen LogP contribution in [-0.2, 0) is 22.7 Å². The number of ether oxygens (including phenoxy) is 3. The Balaban J connectivity index is 1.60. The fourth-order valence-electron chi connectivity index (χ4n) is 3.26. The summed E-state index contributed by atoms with van der Waals surface area (Å²) in [7, 11) is 4.61. The normalized spacial score (nSPS) is 16.2. The molecule has 1 aromatic heterocycles. The Labute approximate surface area is 163 Å². The number of carbonyl (C=O) groups is 2. The first-order valence-corrected chi connectivity index (χ1v) is 8.92. The van der Waals surface area contributed by atoms with Crippen molar-refractivity contribution in [2.75, 3.05) is 27.9 Å². The van der Waals surface area contributed by atoms with Crippen LogP contribution in [-0.4, -0.2) is 44.6 Å². The van der Waals surface area contributed by atoms with Crippen molar-refractivity contribution >= 4 is 11.8 Å². The van der Waals surface area contributed by atoms with Crippen molar-refractivity contribution in [1.29, 1.82) is 0 Å². The molecule has 28 heavy (non-hydrogen) atoms. The monoisotopic (exact) mass is 388 g/mol. The van der Waals surface area contributed by atoms with Gasteiger partial charge in [0.2, 0.25) is 17.6 Å². The molecule has 3 rings (SSSR count). The van der Waals surface area contributed by atoms with Gasteiger partial charge in [-0.1, -0.05) is 0 Å². The van der Waals surface area contributed by atoms with E-state index in [1.54, 1.807) is 29.4 Å². The van der Waals surface area contributed by atoms with Crippen LogP contribution in [0.15, 0.2) is 34.9 Å². The highest BCUT2D eigenvalue weighted by atomic mass is 16.5. The molecule has 2 amide bonds. The summed E-state index contributed by atoms with van der Waals surface area (Å²) >= 11 is 0. The zero-order valence-corrected chi connectivity index (χ0v) is 16.2. The highest BCUT2D eigenvalue weighted by molar-refractivity contribution is 5.89. The molecule has 1 N–H and O–H groups in total. The lowest BCUT2D eigenvalue weighted by molar-refractivity contribution is -0.129. The number of benzene rings is 1. The molecule has 0 radical (unpaired) electrons. The summed E-state index contributed by atoms with van der Waals surface area (Å²) in [5.41, 5.74) is 0.805. The number of furan rings is 1. The molecule has 150 valence electrons. The van der Waals surface area contributed by atoms with Crippen LogP contribution in [0.3, 0.4) is 0 Å². The summed E-state index contributed by atoms with van der Waals surface area (Å²) in [6, 6.07) is 7.15. The first kappa shape index (κ1) is 19.6. The molecule has 1 aliphatic rings. The molecule has 1 saturated heterocycles. The Morgan fingerprint density at radius 1 is 1.21 bits per heavy atom. The summed E-state index contributed by atoms with van der Waals surface area (Å²) in [4.78, 5) is 26.4. The first-order valence-electron chi connectivity index (χ1n) is 8.92. The van der Waals surface area contributed by atoms with Gasteiger partial charge in [-0.25, -0.2) is 0 Å². The molecule has 8 nitrogen and oxygen atoms in total. The summed E-state index contributed by atoms with van der Waals surface area (Å²) in [5.74, 6) is 1.64. The van der Waals surface area contributed by atoms with Crippen molar-refractivity contribution in [1.82, 2.24) is 10.2 Å². The number of methoxy groups -OCH3 is 3. The minimum Gasteiger partial charge on any atom is -0.493 e. The maximum Gasteiger partial charge on any atom is 0.225 e. The molecule has 0 spiro atoms. The summed E-state index contributed by atoms with van der Waals surface area (Å²) in [5, 5.41) is 2.89. The first-order chi connectivity index (χ1) is 13.5. The molecule has 2 heterocycles. The van der Waals surface area contributed by atoms with Crippen LogP contribution in [0.4, 0.5) is 0 Å². The van der Waals surface area contributed by atoms with E-state index in [0.29, 0.717) is 42.6 Å². The van der Waals surface area contributed by atoms with Crippen molar-refractivity contribution < 1.29 is 28.2 Å². The third kappa shape index (κ3) is 4.21. The molecular weight excluding hydrogens is 364 g/mol. The maximum absolute atomic E-state index is 12.5. The average molecular weight is 388 g/mol. The molecule has 1 atom stereocenters. The predicted molar refractivity (Wildman–Crippen MR) is 100 cm³/mol. The summed E-state index contributed by atoms with van der Waals surface area (Å²) in [6.07, 6.45) is 1.76. The van der Waals surface area contributed by atoms with Gasteiger partial charge in [-0.2, -0.15) is 0 Å². The van der Waals surface area contributed by atoms with Crippen molar-refractivity contribution in [3.8, 4) is 17.2 Å². The predicted octanol–water partition coefficient (Wildman–Crippen LogP) is 1.97. The lowest BCUT2D eigenvalue weighted by Gasteiger charge is -2.16. The number of amides is 2. The molecule has 1 fully saturated rings. The molecule has 0 aliphatic carbocycles. The van der Waals surface area contributed by atoms with E-state index in [-0.39, 0.29) is 24.2 Å². The van der Waals surface area contributed by atoms with Gasteiger partial charge in [-0.05, 0) is 29.8 Å². The third-order valence-electron chi connectivity index (χ3n) is 4.70. The van der Waals surface area contributed by atoms with Gasteiger partial charge in [0.15, 0.2) is 11.5 Å². The number of hydrogen-bond donors (Lipinski definition) is 1. The number of rotatable bonds is 8. The second-order valence-electron chi connectivity index (χ2n) is 6.51. The highest BCUT2D eigenvalue weighted by Crippen LogP contribution is 2.38. The third-order valence-corrected chi connectivity index (χ3v) is 4.70. The van der Waals surface area contributed by atoms with E-state index in [4.69, 9.17) is 18.6 Å². The lowest BCUT2D eigenvalue weighted by atomic mass is 10.1. The van der Waals surface area contributed by atoms with Gasteiger partial charge in [-0.3, -0.25) is 9.59 Å². The van der Waals surface area contributed by atoms with Gasteiger partial charge in [0.05, 0.1) is 40.1 Å². The van der Waals surface area contributed by atoms with Crippen LogP contribution >= 0.6 is 0 Å². The SMILES string of the molecule is COc1cc(CNC(=O)C2CC(=O)N(Cc3ccco3)C2)cc(OC)c1OC. The summed E-state index contributed by atoms with van der Waals surface area (Å²) < 4.78 is 21.2. The quantitative estimate of drug-likeness (QED) is 0.744. The van der Waals surface area contributed by atoms with Crippen molar-refractivity contribution in [3.63, 3.8) is 0 Å². The van der Waals surface area contributed by atoms with E-state index in [0.717, 1.165) is 5.56 Å². The van der Waals surface area contributed by atoms with E-state index in [2.05, 4.69) is 5.32 Å². The average Bonchev–Trinajstić information content (AvgIpc) is 3.35. The molecule has 8 heteroatoms. The zero-order chi connectivity index (χ0) is 20.1. The van der Waals surface area contributed by atoms with Crippen LogP contribution < -0.4 is 19.5 Å². The lowest BCUT2D eigenvalue weighted by Crippen LogP contribution is -2.32. The van der Waals surface area contributed by atoms with Gasteiger partial charge in [0.25, 0.3) is 0 Å². The maximum atomic E-state index is 12.5. The van der Waals surface area contributed by atoms with E-state index < -0.39 is 0 Å². The van der Waals surface area contributed by atoms with Gasteiger partial charge < -0.3 is 28.8 Å². The minimum absolute atomic E-state index is 0.0515. The molecule has 1 aromatic carbocycles. The van der Waals surface area contributed by atoms with Crippen LogP contribution in [0.5, 0.6) is 17.2 Å². The van der Waals surface area contributed by atoms with Gasteiger partial charge in [0.1, 0.15) is 5.76 Å². The minimum atomic E-state index is -0.385. The largest absolute Gasteiger partial charge is 0.493 e. The molecule has 1 unspecified atom stereocenters. The molecule has 2 aromatic rings. The molecule has 0 bridgehead atoms. The number of nitrogens with one attached hydrogen (secondary N) is 1. The van der Waals surface area contributed by atoms with E-state index in [9.17, 15) is 9.59 Å². The summed E-state index contributed by atoms with van der Waals surface area (Å²) in [6.45, 7) is 1.04. The second kappa shape index (κ2) is 8.69. The van der Waals surface area contributed by atoms with Gasteiger partial charge in [0, 0.05) is 19.5 Å². The van der Waals surface area contributed by atoms with Crippen molar-refractivity contribution in [2.45, 2.75) is 19.5 Å². The van der Waals surface area contributed by atoms with Crippen LogP contribution in [0, 0.1) is 5.92 Å². The van der Waals surface area contributed by atoms with Gasteiger partial charge >= 0.3 is 0 Å². The number of likely N-dealkylation sites (tertiary alicyclic amines) is 1. The number of carbonyl (C=O) groups excluding carboxylic acids is 2. The number of hydrogen-bond acceptors (Lipinski definition) is 6. The second-order valence-corrected chi connectivity index (χ2v) is 6.51. The Morgan fingerprint density at radius 2 is 1.93 bits per heavy atom. The molecule has 1 aliphatic heterocycles. The number of nitrogens with zero attached hydrogens (tertiary/aromatic N) is 1. The zero-order valence-electron chi connectivity index (χ0n) is 16.2. The molecular formula is C20H24N2O6. The molecule has 0 saturated carbocycles. The highest BCUT2D eigenvalue weighted by Gasteiger charge is 2.34. The standard InChI is InChI=1S/C20H24N2O6/c1-25-16-7-13(8-17(26-2)19(16)27-3)10-21-20(24)14-9-18(23)22(11-14)12-15-5-4-6-28-15/h4-8,14H,9-12H2,1-3H3,(H,21,24). The van der Waals surface area contributed by atoms with E-state index >= 15 is 0 Å². The Hall–Kier alpha value is -3.16. The Kier molecular flexibility index (Phi) is 6.08. The van der Waals surface area contributed by atoms with E-state index in [1.165, 1.54) is 21.3 Å². The Morgan fingerprint density at radius 3 is 2.50 bits per heavy atom. The van der Waals surface area contributed by atoms with Crippen LogP contribution in [0.25, 0.3) is 0 Å². The fourth-order valence-corrected chi connectivity index (χ4v) is 3.26. The van der Waals surface area contributed by atoms with Crippen molar-refractivity contribution in [2.24, 2.45) is 5.92 Å². The van der Waals surface area contributed by atoms with Crippen LogP contribution in [0.2, 0.25) is 0 Å². The van der Waals surface area contributed by atoms with E-state index in [1.807, 2.05) is 6.07 Å². The van der Waals surface area contributed by atoms with Crippen LogP contribution in [0.1, 0.15) is 17.7 Å². The topological polar surface area (TPSA) is 90.2 Å². The Bertz CT molecular complexity index is 808. The smallest absolute Gasteiger partial charge is 0.225 e. The van der Waals surface area contributed by atoms with Gasteiger partial charge in [-0.15, -0.1) is 0 Å².